The fourth-order valence-electron chi connectivity index (χ4n) is 6.55. The van der Waals surface area contributed by atoms with Crippen LogP contribution in [0.15, 0.2) is 78.0 Å². The molecule has 0 aliphatic carbocycles. The van der Waals surface area contributed by atoms with E-state index in [-0.39, 0.29) is 5.78 Å². The van der Waals surface area contributed by atoms with Crippen molar-refractivity contribution < 1.29 is 10.0 Å². The molecular formula is C38H42N2O2. The van der Waals surface area contributed by atoms with E-state index in [9.17, 15) is 10.0 Å². The van der Waals surface area contributed by atoms with Gasteiger partial charge in [0.05, 0.1) is 0 Å². The van der Waals surface area contributed by atoms with Crippen molar-refractivity contribution in [2.24, 2.45) is 11.1 Å². The third kappa shape index (κ3) is 5.51. The van der Waals surface area contributed by atoms with E-state index in [1.54, 1.807) is 0 Å². The maximum Gasteiger partial charge on any atom is 0.193 e. The summed E-state index contributed by atoms with van der Waals surface area (Å²) in [6, 6.07) is 24.6. The second-order valence-electron chi connectivity index (χ2n) is 11.9. The standard InChI is InChI=1S/C38H42N2O2/c1-7-9-13-28(8-2)23-40-34-17-15-29(37(39-42)31-14-11-10-12-25(31)4)21-32(34)33-22-30(16-18-35(33)40)38(41)36-26(5)19-24(3)20-27(36)6/h10-12,14-22,28,42H,7-9,13,23H2,1-6H3/b39-37-. The summed E-state index contributed by atoms with van der Waals surface area (Å²) >= 11 is 0. The van der Waals surface area contributed by atoms with Gasteiger partial charge >= 0.3 is 0 Å². The molecular weight excluding hydrogens is 516 g/mol. The monoisotopic (exact) mass is 558 g/mol. The minimum atomic E-state index is 0.0517. The zero-order chi connectivity index (χ0) is 30.0. The lowest BCUT2D eigenvalue weighted by Gasteiger charge is -2.17. The molecule has 5 aromatic rings. The Labute approximate surface area is 249 Å². The molecule has 4 nitrogen and oxygen atoms in total. The molecule has 1 aromatic heterocycles. The summed E-state index contributed by atoms with van der Waals surface area (Å²) in [5.41, 5.74) is 10.2. The number of aromatic nitrogens is 1. The van der Waals surface area contributed by atoms with Crippen molar-refractivity contribution in [1.29, 1.82) is 0 Å². The second kappa shape index (κ2) is 12.4. The number of ketones is 1. The summed E-state index contributed by atoms with van der Waals surface area (Å²) in [6.45, 7) is 13.6. The number of hydrogen-bond donors (Lipinski definition) is 1. The number of carbonyl (C=O) groups excluding carboxylic acids is 1. The van der Waals surface area contributed by atoms with Crippen LogP contribution in [0.4, 0.5) is 0 Å². The van der Waals surface area contributed by atoms with Crippen LogP contribution in [0.3, 0.4) is 0 Å². The van der Waals surface area contributed by atoms with Crippen molar-refractivity contribution in [3.05, 3.63) is 117 Å². The fraction of sp³-hybridized carbons (Fsp3) is 0.316. The summed E-state index contributed by atoms with van der Waals surface area (Å²) in [4.78, 5) is 13.9. The molecule has 4 heteroatoms. The molecule has 216 valence electrons. The normalized spacial score (nSPS) is 12.8. The fourth-order valence-corrected chi connectivity index (χ4v) is 6.55. The van der Waals surface area contributed by atoms with Crippen LogP contribution in [-0.4, -0.2) is 21.3 Å². The Morgan fingerprint density at radius 3 is 2.02 bits per heavy atom. The molecule has 1 heterocycles. The van der Waals surface area contributed by atoms with E-state index in [4.69, 9.17) is 0 Å². The van der Waals surface area contributed by atoms with E-state index < -0.39 is 0 Å². The Morgan fingerprint density at radius 2 is 1.43 bits per heavy atom. The largest absolute Gasteiger partial charge is 0.410 e. The van der Waals surface area contributed by atoms with Crippen molar-refractivity contribution >= 4 is 33.3 Å². The van der Waals surface area contributed by atoms with E-state index in [0.29, 0.717) is 17.2 Å². The molecule has 0 saturated heterocycles. The lowest BCUT2D eigenvalue weighted by Crippen LogP contribution is -2.10. The van der Waals surface area contributed by atoms with Crippen LogP contribution < -0.4 is 0 Å². The highest BCUT2D eigenvalue weighted by atomic mass is 16.4. The summed E-state index contributed by atoms with van der Waals surface area (Å²) in [5.74, 6) is 0.625. The van der Waals surface area contributed by atoms with Gasteiger partial charge in [-0.3, -0.25) is 4.79 Å². The van der Waals surface area contributed by atoms with E-state index in [1.807, 2.05) is 51.1 Å². The molecule has 1 N–H and O–H groups in total. The van der Waals surface area contributed by atoms with Gasteiger partial charge in [-0.1, -0.05) is 86.3 Å². The van der Waals surface area contributed by atoms with Crippen LogP contribution >= 0.6 is 0 Å². The molecule has 0 aliphatic heterocycles. The Morgan fingerprint density at radius 1 is 0.810 bits per heavy atom. The number of fused-ring (bicyclic) bond motifs is 3. The van der Waals surface area contributed by atoms with Gasteiger partial charge in [-0.15, -0.1) is 0 Å². The molecule has 0 radical (unpaired) electrons. The number of unbranched alkanes of at least 4 members (excludes halogenated alkanes) is 1. The minimum Gasteiger partial charge on any atom is -0.410 e. The van der Waals surface area contributed by atoms with Gasteiger partial charge in [0.25, 0.3) is 0 Å². The quantitative estimate of drug-likeness (QED) is 0.0803. The first-order valence-corrected chi connectivity index (χ1v) is 15.2. The molecule has 0 saturated carbocycles. The summed E-state index contributed by atoms with van der Waals surface area (Å²) in [7, 11) is 0. The molecule has 0 aliphatic rings. The molecule has 1 unspecified atom stereocenters. The Balaban J connectivity index is 1.71. The van der Waals surface area contributed by atoms with Gasteiger partial charge in [-0.25, -0.2) is 0 Å². The van der Waals surface area contributed by atoms with E-state index in [2.05, 4.69) is 73.0 Å². The number of benzene rings is 4. The highest BCUT2D eigenvalue weighted by Gasteiger charge is 2.20. The van der Waals surface area contributed by atoms with E-state index in [1.165, 1.54) is 19.3 Å². The molecule has 5 rings (SSSR count). The molecule has 0 fully saturated rings. The van der Waals surface area contributed by atoms with Crippen LogP contribution in [0, 0.1) is 33.6 Å². The maximum absolute atomic E-state index is 13.9. The highest BCUT2D eigenvalue weighted by molar-refractivity contribution is 6.19. The van der Waals surface area contributed by atoms with Gasteiger partial charge in [0.15, 0.2) is 5.78 Å². The second-order valence-corrected chi connectivity index (χ2v) is 11.9. The first kappa shape index (κ1) is 29.3. The van der Waals surface area contributed by atoms with Gasteiger partial charge in [-0.05, 0) is 87.1 Å². The molecule has 4 aromatic carbocycles. The zero-order valence-electron chi connectivity index (χ0n) is 25.8. The van der Waals surface area contributed by atoms with Crippen molar-refractivity contribution in [3.63, 3.8) is 0 Å². The number of hydrogen-bond acceptors (Lipinski definition) is 3. The van der Waals surface area contributed by atoms with Gasteiger partial charge in [0.2, 0.25) is 0 Å². The lowest BCUT2D eigenvalue weighted by molar-refractivity contribution is 0.103. The molecule has 0 spiro atoms. The van der Waals surface area contributed by atoms with E-state index >= 15 is 0 Å². The SMILES string of the molecule is CCCCC(CC)Cn1c2ccc(C(=O)c3c(C)cc(C)cc3C)cc2c2cc(/C(=N/O)c3ccccc3C)ccc21. The van der Waals surface area contributed by atoms with Gasteiger partial charge in [0.1, 0.15) is 5.71 Å². The van der Waals surface area contributed by atoms with E-state index in [0.717, 1.165) is 73.7 Å². The number of rotatable bonds is 10. The van der Waals surface area contributed by atoms with Gasteiger partial charge in [-0.2, -0.15) is 0 Å². The topological polar surface area (TPSA) is 54.6 Å². The van der Waals surface area contributed by atoms with Gasteiger partial charge in [0, 0.05) is 50.6 Å². The Hall–Kier alpha value is -4.18. The average molecular weight is 559 g/mol. The average Bonchev–Trinajstić information content (AvgIpc) is 3.28. The third-order valence-electron chi connectivity index (χ3n) is 8.79. The lowest BCUT2D eigenvalue weighted by atomic mass is 9.92. The molecule has 1 atom stereocenters. The summed E-state index contributed by atoms with van der Waals surface area (Å²) < 4.78 is 2.43. The number of aryl methyl sites for hydroxylation is 4. The Bertz CT molecular complexity index is 1780. The molecule has 0 amide bonds. The van der Waals surface area contributed by atoms with Crippen LogP contribution in [0.25, 0.3) is 21.8 Å². The number of oxime groups is 1. The smallest absolute Gasteiger partial charge is 0.193 e. The number of nitrogens with zero attached hydrogens (tertiary/aromatic N) is 2. The van der Waals surface area contributed by atoms with Crippen molar-refractivity contribution in [1.82, 2.24) is 4.57 Å². The Kier molecular flexibility index (Phi) is 8.63. The first-order valence-electron chi connectivity index (χ1n) is 15.2. The van der Waals surface area contributed by atoms with Gasteiger partial charge < -0.3 is 9.77 Å². The van der Waals surface area contributed by atoms with Crippen molar-refractivity contribution in [2.45, 2.75) is 73.8 Å². The first-order chi connectivity index (χ1) is 20.3. The zero-order valence-corrected chi connectivity index (χ0v) is 25.8. The van der Waals surface area contributed by atoms with Crippen molar-refractivity contribution in [2.75, 3.05) is 0 Å². The highest BCUT2D eigenvalue weighted by Crippen LogP contribution is 2.34. The van der Waals surface area contributed by atoms with Crippen molar-refractivity contribution in [3.8, 4) is 0 Å². The molecule has 0 bridgehead atoms. The predicted octanol–water partition coefficient (Wildman–Crippen LogP) is 9.70. The molecule has 42 heavy (non-hydrogen) atoms. The van der Waals surface area contributed by atoms with Crippen LogP contribution in [0.5, 0.6) is 0 Å². The summed E-state index contributed by atoms with van der Waals surface area (Å²) in [5, 5.41) is 16.0. The predicted molar refractivity (Wildman–Crippen MR) is 175 cm³/mol. The van der Waals surface area contributed by atoms with Crippen LogP contribution in [-0.2, 0) is 6.54 Å². The minimum absolute atomic E-state index is 0.0517. The van der Waals surface area contributed by atoms with Crippen LogP contribution in [0.2, 0.25) is 0 Å². The summed E-state index contributed by atoms with van der Waals surface area (Å²) in [6.07, 6.45) is 4.73. The number of carbonyl (C=O) groups is 1. The maximum atomic E-state index is 13.9. The van der Waals surface area contributed by atoms with Crippen LogP contribution in [0.1, 0.15) is 88.8 Å². The third-order valence-corrected chi connectivity index (χ3v) is 8.79.